The van der Waals surface area contributed by atoms with Crippen molar-refractivity contribution in [3.05, 3.63) is 40.5 Å². The molecule has 4 rings (SSSR count). The topological polar surface area (TPSA) is 50.3 Å². The van der Waals surface area contributed by atoms with E-state index in [1.165, 1.54) is 12.1 Å². The van der Waals surface area contributed by atoms with Gasteiger partial charge in [0.2, 0.25) is 0 Å². The van der Waals surface area contributed by atoms with E-state index in [0.29, 0.717) is 6.04 Å². The largest absolute Gasteiger partial charge is 0.371 e. The predicted octanol–water partition coefficient (Wildman–Crippen LogP) is 3.08. The zero-order valence-electron chi connectivity index (χ0n) is 14.1. The molecule has 0 amide bonds. The van der Waals surface area contributed by atoms with E-state index < -0.39 is 0 Å². The van der Waals surface area contributed by atoms with E-state index in [2.05, 4.69) is 32.5 Å². The van der Waals surface area contributed by atoms with Crippen LogP contribution in [0, 0.1) is 6.92 Å². The van der Waals surface area contributed by atoms with Crippen molar-refractivity contribution < 1.29 is 4.74 Å². The molecule has 128 valence electrons. The van der Waals surface area contributed by atoms with Crippen LogP contribution in [0.3, 0.4) is 0 Å². The van der Waals surface area contributed by atoms with Gasteiger partial charge in [0.15, 0.2) is 0 Å². The molecule has 2 aliphatic heterocycles. The lowest BCUT2D eigenvalue weighted by atomic mass is 9.88. The Morgan fingerprint density at radius 2 is 2.42 bits per heavy atom. The first-order chi connectivity index (χ1) is 11.7. The molecule has 0 bridgehead atoms. The van der Waals surface area contributed by atoms with Crippen molar-refractivity contribution in [3.63, 3.8) is 0 Å². The van der Waals surface area contributed by atoms with E-state index >= 15 is 0 Å². The van der Waals surface area contributed by atoms with Crippen molar-refractivity contribution >= 4 is 17.2 Å². The van der Waals surface area contributed by atoms with Crippen molar-refractivity contribution in [1.82, 2.24) is 14.9 Å². The van der Waals surface area contributed by atoms with Crippen molar-refractivity contribution in [2.45, 2.75) is 44.4 Å². The molecule has 1 spiro atoms. The molecule has 24 heavy (non-hydrogen) atoms. The minimum Gasteiger partial charge on any atom is -0.371 e. The number of aryl methyl sites for hydroxylation is 1. The second-order valence-electron chi connectivity index (χ2n) is 6.93. The summed E-state index contributed by atoms with van der Waals surface area (Å²) in [5.74, 6) is 0.939. The lowest BCUT2D eigenvalue weighted by Crippen LogP contribution is -2.47. The molecule has 5 nitrogen and oxygen atoms in total. The Labute approximate surface area is 147 Å². The van der Waals surface area contributed by atoms with Gasteiger partial charge in [-0.2, -0.15) is 0 Å². The molecule has 0 aromatic carbocycles. The fourth-order valence-electron chi connectivity index (χ4n) is 3.91. The summed E-state index contributed by atoms with van der Waals surface area (Å²) >= 11 is 1.73. The number of ether oxygens (including phenoxy) is 1. The lowest BCUT2D eigenvalue weighted by molar-refractivity contribution is -0.0535. The summed E-state index contributed by atoms with van der Waals surface area (Å²) in [5.41, 5.74) is 1.19. The second-order valence-corrected chi connectivity index (χ2v) is 7.99. The van der Waals surface area contributed by atoms with Gasteiger partial charge in [0, 0.05) is 31.1 Å². The van der Waals surface area contributed by atoms with Gasteiger partial charge in [0.1, 0.15) is 5.82 Å². The second kappa shape index (κ2) is 6.78. The highest BCUT2D eigenvalue weighted by Crippen LogP contribution is 2.36. The standard InChI is InChI=1S/C18H24N4OS/c1-14-20-16(12-24-14)10-22-8-4-6-18(13-22)9-15(11-23-18)21-17-5-2-3-7-19-17/h2-3,5,7,12,15H,4,6,8-11,13H2,1H3,(H,19,21)/t15-,18+/m0/s1. The molecule has 2 aromatic heterocycles. The molecule has 2 fully saturated rings. The molecule has 2 saturated heterocycles. The Kier molecular flexibility index (Phi) is 4.52. The van der Waals surface area contributed by atoms with E-state index in [1.807, 2.05) is 24.4 Å². The van der Waals surface area contributed by atoms with Gasteiger partial charge in [-0.15, -0.1) is 11.3 Å². The first-order valence-electron chi connectivity index (χ1n) is 8.66. The highest BCUT2D eigenvalue weighted by molar-refractivity contribution is 7.09. The highest BCUT2D eigenvalue weighted by Gasteiger charge is 2.43. The zero-order valence-corrected chi connectivity index (χ0v) is 14.9. The molecule has 2 atom stereocenters. The Bertz CT molecular complexity index is 677. The van der Waals surface area contributed by atoms with Crippen LogP contribution in [0.1, 0.15) is 30.0 Å². The number of thiazole rings is 1. The lowest BCUT2D eigenvalue weighted by Gasteiger charge is -2.39. The minimum atomic E-state index is -0.00420. The van der Waals surface area contributed by atoms with Gasteiger partial charge >= 0.3 is 0 Å². The monoisotopic (exact) mass is 344 g/mol. The fraction of sp³-hybridized carbons (Fsp3) is 0.556. The average molecular weight is 344 g/mol. The first-order valence-corrected chi connectivity index (χ1v) is 9.54. The van der Waals surface area contributed by atoms with Crippen LogP contribution in [-0.4, -0.2) is 46.2 Å². The van der Waals surface area contributed by atoms with Crippen molar-refractivity contribution in [3.8, 4) is 0 Å². The van der Waals surface area contributed by atoms with Crippen LogP contribution in [0.5, 0.6) is 0 Å². The van der Waals surface area contributed by atoms with Gasteiger partial charge in [0.05, 0.1) is 29.0 Å². The Morgan fingerprint density at radius 1 is 1.46 bits per heavy atom. The number of hydrogen-bond donors (Lipinski definition) is 1. The number of likely N-dealkylation sites (tertiary alicyclic amines) is 1. The van der Waals surface area contributed by atoms with Crippen LogP contribution in [0.25, 0.3) is 0 Å². The summed E-state index contributed by atoms with van der Waals surface area (Å²) in [6.07, 6.45) is 5.22. The number of anilines is 1. The quantitative estimate of drug-likeness (QED) is 0.924. The molecule has 0 saturated carbocycles. The fourth-order valence-corrected chi connectivity index (χ4v) is 4.52. The maximum absolute atomic E-state index is 6.29. The molecule has 6 heteroatoms. The predicted molar refractivity (Wildman–Crippen MR) is 96.3 cm³/mol. The number of rotatable bonds is 4. The van der Waals surface area contributed by atoms with E-state index in [-0.39, 0.29) is 5.60 Å². The Balaban J connectivity index is 1.36. The normalized spacial score (nSPS) is 27.6. The number of aromatic nitrogens is 2. The van der Waals surface area contributed by atoms with Gasteiger partial charge < -0.3 is 10.1 Å². The van der Waals surface area contributed by atoms with Gasteiger partial charge in [-0.25, -0.2) is 9.97 Å². The molecule has 2 aliphatic rings. The third-order valence-corrected chi connectivity index (χ3v) is 5.72. The van der Waals surface area contributed by atoms with Crippen LogP contribution in [0.15, 0.2) is 29.8 Å². The van der Waals surface area contributed by atoms with Crippen LogP contribution in [-0.2, 0) is 11.3 Å². The molecular weight excluding hydrogens is 320 g/mol. The maximum atomic E-state index is 6.29. The van der Waals surface area contributed by atoms with Crippen LogP contribution in [0.2, 0.25) is 0 Å². The van der Waals surface area contributed by atoms with Crippen molar-refractivity contribution in [2.75, 3.05) is 25.0 Å². The SMILES string of the molecule is Cc1nc(CN2CCC[C@@]3(C[C@H](Nc4ccccn4)CO3)C2)cs1. The van der Waals surface area contributed by atoms with Crippen LogP contribution in [0.4, 0.5) is 5.82 Å². The summed E-state index contributed by atoms with van der Waals surface area (Å²) < 4.78 is 6.29. The number of hydrogen-bond acceptors (Lipinski definition) is 6. The van der Waals surface area contributed by atoms with Gasteiger partial charge in [-0.1, -0.05) is 6.07 Å². The zero-order chi connectivity index (χ0) is 16.4. The highest BCUT2D eigenvalue weighted by atomic mass is 32.1. The van der Waals surface area contributed by atoms with Crippen molar-refractivity contribution in [1.29, 1.82) is 0 Å². The van der Waals surface area contributed by atoms with E-state index in [4.69, 9.17) is 4.74 Å². The Morgan fingerprint density at radius 3 is 3.21 bits per heavy atom. The summed E-state index contributed by atoms with van der Waals surface area (Å²) in [5, 5.41) is 6.84. The Hall–Kier alpha value is -1.50. The molecule has 0 radical (unpaired) electrons. The van der Waals surface area contributed by atoms with Gasteiger partial charge in [0.25, 0.3) is 0 Å². The number of nitrogens with one attached hydrogen (secondary N) is 1. The molecule has 1 N–H and O–H groups in total. The molecule has 0 aliphatic carbocycles. The van der Waals surface area contributed by atoms with E-state index in [1.54, 1.807) is 11.3 Å². The molecular formula is C18H24N4OS. The smallest absolute Gasteiger partial charge is 0.126 e. The summed E-state index contributed by atoms with van der Waals surface area (Å²) in [6, 6.07) is 6.32. The first kappa shape index (κ1) is 16.0. The number of piperidine rings is 1. The molecule has 4 heterocycles. The number of pyridine rings is 1. The summed E-state index contributed by atoms with van der Waals surface area (Å²) in [7, 11) is 0. The number of nitrogens with zero attached hydrogens (tertiary/aromatic N) is 3. The maximum Gasteiger partial charge on any atom is 0.126 e. The summed E-state index contributed by atoms with van der Waals surface area (Å²) in [6.45, 7) is 5.91. The van der Waals surface area contributed by atoms with Crippen LogP contribution < -0.4 is 5.32 Å². The minimum absolute atomic E-state index is 0.00420. The van der Waals surface area contributed by atoms with E-state index in [0.717, 1.165) is 49.9 Å². The molecule has 0 unspecified atom stereocenters. The van der Waals surface area contributed by atoms with Gasteiger partial charge in [-0.3, -0.25) is 4.90 Å². The molecule has 2 aromatic rings. The average Bonchev–Trinajstić information content (AvgIpc) is 3.15. The summed E-state index contributed by atoms with van der Waals surface area (Å²) in [4.78, 5) is 11.5. The van der Waals surface area contributed by atoms with E-state index in [9.17, 15) is 0 Å². The van der Waals surface area contributed by atoms with Crippen LogP contribution >= 0.6 is 11.3 Å². The third-order valence-electron chi connectivity index (χ3n) is 4.90. The third kappa shape index (κ3) is 3.61. The van der Waals surface area contributed by atoms with Crippen molar-refractivity contribution in [2.24, 2.45) is 0 Å². The van der Waals surface area contributed by atoms with Gasteiger partial charge in [-0.05, 0) is 38.4 Å².